The fourth-order valence-electron chi connectivity index (χ4n) is 1.75. The highest BCUT2D eigenvalue weighted by Crippen LogP contribution is 2.27. The number of rotatable bonds is 3. The van der Waals surface area contributed by atoms with Crippen molar-refractivity contribution in [1.82, 2.24) is 0 Å². The van der Waals surface area contributed by atoms with Crippen LogP contribution in [-0.4, -0.2) is 22.0 Å². The van der Waals surface area contributed by atoms with E-state index in [1.807, 2.05) is 12.1 Å². The Kier molecular flexibility index (Phi) is 3.10. The van der Waals surface area contributed by atoms with Gasteiger partial charge in [0.2, 0.25) is 0 Å². The third-order valence-corrected chi connectivity index (χ3v) is 2.53. The molecule has 18 heavy (non-hydrogen) atoms. The number of hydrogen-bond donors (Lipinski definition) is 2. The van der Waals surface area contributed by atoms with Crippen molar-refractivity contribution in [2.24, 2.45) is 0 Å². The molecule has 0 bridgehead atoms. The Balaban J connectivity index is 2.59. The molecule has 0 aromatic heterocycles. The Hall–Kier alpha value is -2.62. The molecule has 90 valence electrons. The summed E-state index contributed by atoms with van der Waals surface area (Å²) in [6.45, 7) is 0. The zero-order valence-corrected chi connectivity index (χ0v) is 9.33. The monoisotopic (exact) mass is 242 g/mol. The summed E-state index contributed by atoms with van der Waals surface area (Å²) >= 11 is 0. The van der Waals surface area contributed by atoms with Crippen LogP contribution in [0.2, 0.25) is 0 Å². The van der Waals surface area contributed by atoms with Gasteiger partial charge in [-0.25, -0.2) is 4.79 Å². The highest BCUT2D eigenvalue weighted by atomic mass is 16.4. The number of allylic oxidation sites excluding steroid dienone is 1. The summed E-state index contributed by atoms with van der Waals surface area (Å²) < 4.78 is 0. The van der Waals surface area contributed by atoms with E-state index < -0.39 is 11.8 Å². The van der Waals surface area contributed by atoms with E-state index in [4.69, 9.17) is 5.11 Å². The lowest BCUT2D eigenvalue weighted by Gasteiger charge is -2.05. The van der Waals surface area contributed by atoms with Crippen molar-refractivity contribution in [3.63, 3.8) is 0 Å². The number of phenolic OH excluding ortho intramolecular Hbond substituents is 1. The topological polar surface area (TPSA) is 74.6 Å². The minimum Gasteiger partial charge on any atom is -0.507 e. The Morgan fingerprint density at radius 2 is 1.72 bits per heavy atom. The minimum atomic E-state index is -1.21. The Morgan fingerprint density at radius 1 is 1.00 bits per heavy atom. The Labute approximate surface area is 103 Å². The lowest BCUT2D eigenvalue weighted by Crippen LogP contribution is -1.98. The summed E-state index contributed by atoms with van der Waals surface area (Å²) in [6, 6.07) is 10.2. The van der Waals surface area contributed by atoms with Gasteiger partial charge in [-0.3, -0.25) is 4.79 Å². The molecule has 0 aliphatic rings. The second kappa shape index (κ2) is 4.71. The second-order valence-electron chi connectivity index (χ2n) is 3.72. The standard InChI is InChI=1S/C14H10O4/c15-11-6-5-9-3-1-2-4-10(9)14(11)12(16)7-8-13(17)18/h1-8,15H,(H,17,18)/b8-7+. The van der Waals surface area contributed by atoms with Crippen molar-refractivity contribution in [3.05, 3.63) is 54.1 Å². The van der Waals surface area contributed by atoms with Crippen molar-refractivity contribution in [3.8, 4) is 5.75 Å². The number of hydrogen-bond acceptors (Lipinski definition) is 3. The van der Waals surface area contributed by atoms with Gasteiger partial charge in [-0.1, -0.05) is 30.3 Å². The van der Waals surface area contributed by atoms with E-state index in [0.717, 1.165) is 17.5 Å². The largest absolute Gasteiger partial charge is 0.507 e. The number of aromatic hydroxyl groups is 1. The normalized spacial score (nSPS) is 10.9. The zero-order valence-electron chi connectivity index (χ0n) is 9.33. The maximum atomic E-state index is 11.9. The molecule has 0 saturated heterocycles. The second-order valence-corrected chi connectivity index (χ2v) is 3.72. The van der Waals surface area contributed by atoms with E-state index >= 15 is 0 Å². The summed E-state index contributed by atoms with van der Waals surface area (Å²) in [5.41, 5.74) is 0.116. The number of ketones is 1. The van der Waals surface area contributed by atoms with Crippen LogP contribution in [0, 0.1) is 0 Å². The molecule has 0 radical (unpaired) electrons. The predicted octanol–water partition coefficient (Wildman–Crippen LogP) is 2.37. The van der Waals surface area contributed by atoms with E-state index in [2.05, 4.69) is 0 Å². The van der Waals surface area contributed by atoms with Gasteiger partial charge in [-0.05, 0) is 22.9 Å². The van der Waals surface area contributed by atoms with Crippen LogP contribution < -0.4 is 0 Å². The van der Waals surface area contributed by atoms with Gasteiger partial charge in [0, 0.05) is 6.08 Å². The first-order valence-corrected chi connectivity index (χ1v) is 5.25. The lowest BCUT2D eigenvalue weighted by atomic mass is 10.00. The summed E-state index contributed by atoms with van der Waals surface area (Å²) in [7, 11) is 0. The number of carboxylic acids is 1. The van der Waals surface area contributed by atoms with Crippen LogP contribution in [0.3, 0.4) is 0 Å². The fourth-order valence-corrected chi connectivity index (χ4v) is 1.75. The van der Waals surface area contributed by atoms with Gasteiger partial charge >= 0.3 is 5.97 Å². The quantitative estimate of drug-likeness (QED) is 0.640. The number of phenols is 1. The molecular weight excluding hydrogens is 232 g/mol. The van der Waals surface area contributed by atoms with E-state index in [-0.39, 0.29) is 11.3 Å². The van der Waals surface area contributed by atoms with E-state index in [1.165, 1.54) is 6.07 Å². The maximum Gasteiger partial charge on any atom is 0.328 e. The van der Waals surface area contributed by atoms with Crippen LogP contribution in [0.1, 0.15) is 10.4 Å². The van der Waals surface area contributed by atoms with Crippen LogP contribution >= 0.6 is 0 Å². The van der Waals surface area contributed by atoms with Crippen LogP contribution in [0.15, 0.2) is 48.6 Å². The number of fused-ring (bicyclic) bond motifs is 1. The van der Waals surface area contributed by atoms with Crippen LogP contribution in [0.5, 0.6) is 5.75 Å². The molecule has 0 aliphatic carbocycles. The maximum absolute atomic E-state index is 11.9. The van der Waals surface area contributed by atoms with Crippen LogP contribution in [0.25, 0.3) is 10.8 Å². The van der Waals surface area contributed by atoms with Crippen molar-refractivity contribution in [2.75, 3.05) is 0 Å². The van der Waals surface area contributed by atoms with Crippen LogP contribution in [-0.2, 0) is 4.79 Å². The third-order valence-electron chi connectivity index (χ3n) is 2.53. The third kappa shape index (κ3) is 2.22. The molecule has 2 aromatic rings. The molecule has 4 nitrogen and oxygen atoms in total. The molecule has 0 saturated carbocycles. The molecule has 0 unspecified atom stereocenters. The summed E-state index contributed by atoms with van der Waals surface area (Å²) in [6.07, 6.45) is 1.69. The molecule has 0 spiro atoms. The van der Waals surface area contributed by atoms with Gasteiger partial charge in [0.05, 0.1) is 5.56 Å². The molecule has 0 amide bonds. The molecule has 0 fully saturated rings. The van der Waals surface area contributed by atoms with Gasteiger partial charge in [0.1, 0.15) is 5.75 Å². The Morgan fingerprint density at radius 3 is 2.44 bits per heavy atom. The van der Waals surface area contributed by atoms with Crippen molar-refractivity contribution < 1.29 is 19.8 Å². The summed E-state index contributed by atoms with van der Waals surface area (Å²) in [5.74, 6) is -1.90. The Bertz CT molecular complexity index is 656. The van der Waals surface area contributed by atoms with E-state index in [0.29, 0.717) is 5.39 Å². The molecule has 0 atom stereocenters. The fraction of sp³-hybridized carbons (Fsp3) is 0. The average molecular weight is 242 g/mol. The highest BCUT2D eigenvalue weighted by molar-refractivity contribution is 6.16. The predicted molar refractivity (Wildman–Crippen MR) is 66.7 cm³/mol. The summed E-state index contributed by atoms with van der Waals surface area (Å²) in [5, 5.41) is 19.6. The van der Waals surface area contributed by atoms with Gasteiger partial charge in [0.15, 0.2) is 5.78 Å². The number of carboxylic acid groups (broad SMARTS) is 1. The highest BCUT2D eigenvalue weighted by Gasteiger charge is 2.12. The first-order valence-electron chi connectivity index (χ1n) is 5.25. The minimum absolute atomic E-state index is 0.116. The van der Waals surface area contributed by atoms with Gasteiger partial charge in [-0.15, -0.1) is 0 Å². The molecule has 2 N–H and O–H groups in total. The number of aliphatic carboxylic acids is 1. The number of benzene rings is 2. The van der Waals surface area contributed by atoms with E-state index in [1.54, 1.807) is 18.2 Å². The summed E-state index contributed by atoms with van der Waals surface area (Å²) in [4.78, 5) is 22.3. The first-order chi connectivity index (χ1) is 8.59. The number of carbonyl (C=O) groups excluding carboxylic acids is 1. The van der Waals surface area contributed by atoms with Gasteiger partial charge in [-0.2, -0.15) is 0 Å². The molecule has 4 heteroatoms. The van der Waals surface area contributed by atoms with Gasteiger partial charge in [0.25, 0.3) is 0 Å². The van der Waals surface area contributed by atoms with Crippen molar-refractivity contribution in [1.29, 1.82) is 0 Å². The molecule has 0 aliphatic heterocycles. The average Bonchev–Trinajstić information content (AvgIpc) is 2.36. The van der Waals surface area contributed by atoms with Gasteiger partial charge < -0.3 is 10.2 Å². The first kappa shape index (κ1) is 11.9. The molecular formula is C14H10O4. The molecule has 0 heterocycles. The lowest BCUT2D eigenvalue weighted by molar-refractivity contribution is -0.131. The smallest absolute Gasteiger partial charge is 0.328 e. The van der Waals surface area contributed by atoms with Crippen molar-refractivity contribution >= 4 is 22.5 Å². The van der Waals surface area contributed by atoms with Crippen LogP contribution in [0.4, 0.5) is 0 Å². The number of carbonyl (C=O) groups is 2. The molecule has 2 rings (SSSR count). The molecule has 2 aromatic carbocycles. The van der Waals surface area contributed by atoms with E-state index in [9.17, 15) is 14.7 Å². The zero-order chi connectivity index (χ0) is 13.1. The van der Waals surface area contributed by atoms with Crippen molar-refractivity contribution in [2.45, 2.75) is 0 Å². The SMILES string of the molecule is O=C(O)/C=C/C(=O)c1c(O)ccc2ccccc12.